The molecule has 9 rings (SSSR count). The van der Waals surface area contributed by atoms with Crippen molar-refractivity contribution in [1.82, 2.24) is 36.8 Å². The van der Waals surface area contributed by atoms with Crippen LogP contribution in [0.4, 0.5) is 44.6 Å². The molecule has 25 nitrogen and oxygen atoms in total. The molecule has 0 aromatic heterocycles. The minimum Gasteiger partial charge on any atom is -0.490 e. The second-order valence-electron chi connectivity index (χ2n) is 22.3. The Morgan fingerprint density at radius 2 is 1.00 bits per heavy atom. The first-order valence-electron chi connectivity index (χ1n) is 29.3. The average Bonchev–Trinajstić information content (AvgIpc) is 2.63. The summed E-state index contributed by atoms with van der Waals surface area (Å²) in [6, 6.07) is 13.6. The molecule has 0 bridgehead atoms. The number of aliphatic hydroxyl groups is 1. The average molecular weight is 1230 g/mol. The highest BCUT2D eigenvalue weighted by atomic mass is 19.1. The molecule has 6 atom stereocenters. The zero-order valence-corrected chi connectivity index (χ0v) is 49.7. The molecule has 87 heavy (non-hydrogen) atoms. The van der Waals surface area contributed by atoms with E-state index in [1.54, 1.807) is 12.1 Å². The van der Waals surface area contributed by atoms with Crippen LogP contribution < -0.4 is 60.8 Å². The van der Waals surface area contributed by atoms with Crippen molar-refractivity contribution in [3.63, 3.8) is 0 Å². The van der Waals surface area contributed by atoms with Crippen LogP contribution in [0.15, 0.2) is 54.6 Å². The minimum atomic E-state index is -0.857. The summed E-state index contributed by atoms with van der Waals surface area (Å²) < 4.78 is 75.6. The summed E-state index contributed by atoms with van der Waals surface area (Å²) >= 11 is 0. The van der Waals surface area contributed by atoms with Gasteiger partial charge in [-0.25, -0.2) is 27.6 Å². The SMILES string of the molecule is CC(=O)NC[C@H]1CN(c2ccc(OCC(O)C3CCNCC3)c(F)c2)C(=O)O1.CC(=O)NC[C@H]1CN(c2ccc(OCCC3(C(=O)O)CCNCC3)c(F)c2)C(=O)O1.CC(=O)NC[C@H]1CN(c2ccc(OCCN3[C@H](C)CNC[C@@H]3C)c(F)c2)C(=O)O1. The number of aliphatic carboxylic acids is 1. The van der Waals surface area contributed by atoms with E-state index in [0.29, 0.717) is 68.2 Å². The van der Waals surface area contributed by atoms with Gasteiger partial charge in [0.25, 0.3) is 0 Å². The Bertz CT molecular complexity index is 2860. The molecule has 6 saturated heterocycles. The topological polar surface area (TPSA) is 300 Å². The van der Waals surface area contributed by atoms with Crippen molar-refractivity contribution in [3.05, 3.63) is 72.0 Å². The summed E-state index contributed by atoms with van der Waals surface area (Å²) in [6.45, 7) is 15.8. The lowest BCUT2D eigenvalue weighted by Gasteiger charge is -2.39. The number of piperazine rings is 1. The first-order valence-corrected chi connectivity index (χ1v) is 29.3. The van der Waals surface area contributed by atoms with Crippen LogP contribution in [0.1, 0.15) is 66.7 Å². The number of nitrogens with one attached hydrogen (secondary N) is 6. The van der Waals surface area contributed by atoms with Gasteiger partial charge in [-0.2, -0.15) is 0 Å². The molecule has 478 valence electrons. The quantitative estimate of drug-likeness (QED) is 0.0662. The maximum absolute atomic E-state index is 14.5. The van der Waals surface area contributed by atoms with Gasteiger partial charge in [0.1, 0.15) is 31.5 Å². The van der Waals surface area contributed by atoms with Crippen LogP contribution in [-0.4, -0.2) is 198 Å². The molecule has 6 aliphatic heterocycles. The predicted octanol–water partition coefficient (Wildman–Crippen LogP) is 3.88. The maximum atomic E-state index is 14.5. The molecular formula is C59H81F3N10O15. The Hall–Kier alpha value is -7.66. The number of halogens is 3. The largest absolute Gasteiger partial charge is 0.490 e. The van der Waals surface area contributed by atoms with Crippen LogP contribution in [0.5, 0.6) is 17.2 Å². The van der Waals surface area contributed by atoms with Gasteiger partial charge in [0.05, 0.1) is 74.5 Å². The molecule has 28 heteroatoms. The van der Waals surface area contributed by atoms with Crippen LogP contribution in [0, 0.1) is 28.8 Å². The maximum Gasteiger partial charge on any atom is 0.414 e. The minimum absolute atomic E-state index is 0.00409. The standard InChI is InChI=1S/C20H29FN4O4.C20H26FN3O6.C19H26FN3O5/c1-13-9-22-10-14(2)24(13)6-7-28-19-5-4-16(8-18(19)21)25-12-17(29-20(25)27)11-23-15(3)26;1-13(25)23-11-15-12-24(19(28)30-15)14-2-3-17(16(21)10-14)29-9-6-20(18(26)27)4-7-22-8-5-20;1-12(24)22-9-15-10-23(19(26)28-15)14-2-3-18(16(20)8-14)27-11-17(25)13-4-6-21-7-5-13/h4-5,8,13-14,17,22H,6-7,9-12H2,1-3H3,(H,23,26);2-3,10,15,22H,4-9,11-12H2,1H3,(H,23,25)(H,26,27);2-3,8,13,15,17,21,25H,4-7,9-11H2,1H3,(H,22,24)/t13-,14+,17-;15-;15-,17?/m000/s1. The van der Waals surface area contributed by atoms with Crippen LogP contribution in [0.25, 0.3) is 0 Å². The van der Waals surface area contributed by atoms with E-state index in [-0.39, 0.29) is 99.8 Å². The van der Waals surface area contributed by atoms with E-state index in [4.69, 9.17) is 28.4 Å². The van der Waals surface area contributed by atoms with Crippen molar-refractivity contribution in [3.8, 4) is 17.2 Å². The third-order valence-electron chi connectivity index (χ3n) is 15.8. The van der Waals surface area contributed by atoms with Crippen molar-refractivity contribution < 1.29 is 85.4 Å². The molecular weight excluding hydrogens is 1150 g/mol. The normalized spacial score (nSPS) is 22.3. The second kappa shape index (κ2) is 31.8. The Kier molecular flexibility index (Phi) is 24.5. The van der Waals surface area contributed by atoms with E-state index in [0.717, 1.165) is 39.0 Å². The number of amides is 6. The molecule has 0 spiro atoms. The van der Waals surface area contributed by atoms with Crippen LogP contribution in [-0.2, 0) is 33.4 Å². The van der Waals surface area contributed by atoms with Crippen molar-refractivity contribution in [2.75, 3.05) is 120 Å². The lowest BCUT2D eigenvalue weighted by atomic mass is 9.76. The van der Waals surface area contributed by atoms with E-state index in [2.05, 4.69) is 50.6 Å². The fraction of sp³-hybridized carbons (Fsp3) is 0.576. The zero-order valence-electron chi connectivity index (χ0n) is 49.7. The van der Waals surface area contributed by atoms with Gasteiger partial charge in [-0.15, -0.1) is 0 Å². The number of ether oxygens (including phenoxy) is 6. The van der Waals surface area contributed by atoms with Crippen molar-refractivity contribution in [2.24, 2.45) is 11.3 Å². The monoisotopic (exact) mass is 1230 g/mol. The summed E-state index contributed by atoms with van der Waals surface area (Å²) in [5.74, 6) is -2.97. The fourth-order valence-electron chi connectivity index (χ4n) is 10.9. The Labute approximate surface area is 503 Å². The number of carboxylic acid groups (broad SMARTS) is 1. The highest BCUT2D eigenvalue weighted by molar-refractivity contribution is 5.91. The van der Waals surface area contributed by atoms with Crippen LogP contribution in [0.3, 0.4) is 0 Å². The van der Waals surface area contributed by atoms with E-state index in [1.807, 2.05) is 0 Å². The van der Waals surface area contributed by atoms with E-state index < -0.39 is 71.5 Å². The zero-order chi connectivity index (χ0) is 62.8. The third kappa shape index (κ3) is 19.2. The Balaban J connectivity index is 0.000000187. The molecule has 0 saturated carbocycles. The lowest BCUT2D eigenvalue weighted by molar-refractivity contribution is -0.151. The summed E-state index contributed by atoms with van der Waals surface area (Å²) in [5.41, 5.74) is 0.202. The van der Waals surface area contributed by atoms with Gasteiger partial charge < -0.3 is 70.5 Å². The van der Waals surface area contributed by atoms with Gasteiger partial charge in [0.2, 0.25) is 17.7 Å². The van der Waals surface area contributed by atoms with Gasteiger partial charge in [0, 0.05) is 70.7 Å². The number of piperidine rings is 2. The predicted molar refractivity (Wildman–Crippen MR) is 311 cm³/mol. The molecule has 6 heterocycles. The molecule has 6 fully saturated rings. The number of carbonyl (C=O) groups excluding carboxylic acids is 6. The first kappa shape index (κ1) is 66.9. The van der Waals surface area contributed by atoms with E-state index in [1.165, 1.54) is 77.9 Å². The van der Waals surface area contributed by atoms with Crippen molar-refractivity contribution in [1.29, 1.82) is 0 Å². The van der Waals surface area contributed by atoms with Gasteiger partial charge in [-0.1, -0.05) is 0 Å². The van der Waals surface area contributed by atoms with Crippen molar-refractivity contribution in [2.45, 2.75) is 103 Å². The number of cyclic esters (lactones) is 3. The van der Waals surface area contributed by atoms with Gasteiger partial charge in [-0.3, -0.25) is 38.8 Å². The van der Waals surface area contributed by atoms with Gasteiger partial charge in [0.15, 0.2) is 34.7 Å². The summed E-state index contributed by atoms with van der Waals surface area (Å²) in [7, 11) is 0. The number of hydrogen-bond donors (Lipinski definition) is 8. The number of rotatable bonds is 22. The fourth-order valence-corrected chi connectivity index (χ4v) is 10.9. The molecule has 6 amide bonds. The van der Waals surface area contributed by atoms with Crippen LogP contribution in [0.2, 0.25) is 0 Å². The number of hydrogen-bond acceptors (Lipinski definition) is 18. The molecule has 3 aromatic rings. The highest BCUT2D eigenvalue weighted by Gasteiger charge is 2.40. The number of carboxylic acids is 1. The molecule has 6 aliphatic rings. The Morgan fingerprint density at radius 3 is 1.39 bits per heavy atom. The smallest absolute Gasteiger partial charge is 0.414 e. The summed E-state index contributed by atoms with van der Waals surface area (Å²) in [5, 5.41) is 37.3. The van der Waals surface area contributed by atoms with Crippen LogP contribution >= 0.6 is 0 Å². The lowest BCUT2D eigenvalue weighted by Crippen LogP contribution is -2.55. The number of anilines is 3. The Morgan fingerprint density at radius 1 is 0.609 bits per heavy atom. The van der Waals surface area contributed by atoms with E-state index in [9.17, 15) is 56.9 Å². The summed E-state index contributed by atoms with van der Waals surface area (Å²) in [6.07, 6.45) is -0.869. The number of aliphatic hydroxyl groups excluding tert-OH is 1. The number of carbonyl (C=O) groups is 7. The highest BCUT2D eigenvalue weighted by Crippen LogP contribution is 2.35. The summed E-state index contributed by atoms with van der Waals surface area (Å²) in [4.78, 5) is 87.1. The molecule has 3 aromatic carbocycles. The third-order valence-corrected chi connectivity index (χ3v) is 15.8. The van der Waals surface area contributed by atoms with Gasteiger partial charge in [-0.05, 0) is 114 Å². The number of nitrogens with zero attached hydrogens (tertiary/aromatic N) is 4. The molecule has 0 aliphatic carbocycles. The van der Waals surface area contributed by atoms with Gasteiger partial charge >= 0.3 is 24.2 Å². The second-order valence-corrected chi connectivity index (χ2v) is 22.3. The van der Waals surface area contributed by atoms with Crippen molar-refractivity contribution >= 4 is 59.0 Å². The number of benzene rings is 3. The molecule has 1 unspecified atom stereocenters. The first-order chi connectivity index (χ1) is 41.6. The molecule has 0 radical (unpaired) electrons. The molecule has 8 N–H and O–H groups in total. The van der Waals surface area contributed by atoms with E-state index >= 15 is 0 Å².